The Morgan fingerprint density at radius 1 is 1.19 bits per heavy atom. The van der Waals surface area contributed by atoms with Gasteiger partial charge in [0.2, 0.25) is 0 Å². The molecule has 6 nitrogen and oxygen atoms in total. The van der Waals surface area contributed by atoms with Crippen LogP contribution in [0.3, 0.4) is 0 Å². The molecule has 1 aliphatic heterocycles. The molecular formula is C20H24N2O4. The Hall–Kier alpha value is -2.47. The first-order chi connectivity index (χ1) is 12.4. The summed E-state index contributed by atoms with van der Waals surface area (Å²) in [5, 5.41) is 0.909. The van der Waals surface area contributed by atoms with E-state index in [-0.39, 0.29) is 24.7 Å². The molecule has 0 radical (unpaired) electrons. The van der Waals surface area contributed by atoms with Gasteiger partial charge in [-0.05, 0) is 39.3 Å². The molecule has 3 rings (SSSR count). The lowest BCUT2D eigenvalue weighted by Crippen LogP contribution is -2.49. The third-order valence-corrected chi connectivity index (χ3v) is 4.64. The third-order valence-electron chi connectivity index (χ3n) is 4.64. The number of aromatic nitrogens is 1. The molecule has 26 heavy (non-hydrogen) atoms. The van der Waals surface area contributed by atoms with Crippen LogP contribution in [0.5, 0.6) is 0 Å². The minimum absolute atomic E-state index is 0.0208. The number of benzene rings is 1. The number of morpholine rings is 1. The Balaban J connectivity index is 1.72. The van der Waals surface area contributed by atoms with Gasteiger partial charge in [-0.25, -0.2) is 4.79 Å². The van der Waals surface area contributed by atoms with Crippen molar-refractivity contribution in [1.82, 2.24) is 9.88 Å². The Kier molecular flexibility index (Phi) is 5.23. The topological polar surface area (TPSA) is 68.7 Å². The zero-order valence-electron chi connectivity index (χ0n) is 15.6. The monoisotopic (exact) mass is 356 g/mol. The second-order valence-corrected chi connectivity index (χ2v) is 6.85. The molecular weight excluding hydrogens is 332 g/mol. The van der Waals surface area contributed by atoms with Crippen molar-refractivity contribution in [2.75, 3.05) is 19.7 Å². The highest BCUT2D eigenvalue weighted by molar-refractivity contribution is 5.99. The Labute approximate surface area is 153 Å². The number of esters is 1. The van der Waals surface area contributed by atoms with E-state index in [0.29, 0.717) is 24.3 Å². The number of nitrogens with zero attached hydrogens (tertiary/aromatic N) is 2. The number of pyridine rings is 1. The Morgan fingerprint density at radius 2 is 1.85 bits per heavy atom. The number of hydrogen-bond acceptors (Lipinski definition) is 5. The van der Waals surface area contributed by atoms with Gasteiger partial charge < -0.3 is 14.4 Å². The highest BCUT2D eigenvalue weighted by Crippen LogP contribution is 2.23. The predicted molar refractivity (Wildman–Crippen MR) is 98.1 cm³/mol. The molecule has 2 heterocycles. The van der Waals surface area contributed by atoms with Crippen molar-refractivity contribution in [3.05, 3.63) is 41.1 Å². The Morgan fingerprint density at radius 3 is 2.54 bits per heavy atom. The summed E-state index contributed by atoms with van der Waals surface area (Å²) in [5.41, 5.74) is 2.69. The van der Waals surface area contributed by atoms with Gasteiger partial charge in [0.25, 0.3) is 5.91 Å². The lowest BCUT2D eigenvalue weighted by atomic mass is 10.0. The molecule has 1 aromatic heterocycles. The van der Waals surface area contributed by atoms with Gasteiger partial charge in [0, 0.05) is 18.5 Å². The number of carbonyl (C=O) groups excluding carboxylic acids is 2. The molecule has 0 aliphatic carbocycles. The van der Waals surface area contributed by atoms with Gasteiger partial charge in [-0.3, -0.25) is 9.78 Å². The number of amides is 1. The zero-order valence-corrected chi connectivity index (χ0v) is 15.6. The van der Waals surface area contributed by atoms with E-state index in [9.17, 15) is 9.59 Å². The molecule has 6 heteroatoms. The number of ether oxygens (including phenoxy) is 2. The lowest BCUT2D eigenvalue weighted by Gasteiger charge is -2.35. The fourth-order valence-electron chi connectivity index (χ4n) is 3.50. The molecule has 1 amide bonds. The molecule has 1 aromatic carbocycles. The summed E-state index contributed by atoms with van der Waals surface area (Å²) < 4.78 is 10.9. The molecule has 1 fully saturated rings. The highest BCUT2D eigenvalue weighted by Gasteiger charge is 2.27. The van der Waals surface area contributed by atoms with Crippen LogP contribution in [0.4, 0.5) is 0 Å². The Bertz CT molecular complexity index is 839. The maximum Gasteiger partial charge on any atom is 0.340 e. The van der Waals surface area contributed by atoms with Gasteiger partial charge in [0.05, 0.1) is 29.0 Å². The standard InChI is InChI=1S/C20H24N2O4/c1-12-9-22(10-13(2)26-12)18(23)11-25-20(24)19-14(3)16-7-5-6-8-17(16)21-15(19)4/h5-8,12-13H,9-11H2,1-4H3/t12-,13+. The van der Waals surface area contributed by atoms with Crippen molar-refractivity contribution in [2.45, 2.75) is 39.9 Å². The molecule has 1 aliphatic rings. The SMILES string of the molecule is Cc1nc2ccccc2c(C)c1C(=O)OCC(=O)N1C[C@@H](C)O[C@@H](C)C1. The number of hydrogen-bond donors (Lipinski definition) is 0. The molecule has 2 aromatic rings. The second kappa shape index (κ2) is 7.41. The van der Waals surface area contributed by atoms with E-state index in [0.717, 1.165) is 16.5 Å². The average Bonchev–Trinajstić information content (AvgIpc) is 2.58. The van der Waals surface area contributed by atoms with Gasteiger partial charge in [-0.2, -0.15) is 0 Å². The summed E-state index contributed by atoms with van der Waals surface area (Å²) in [4.78, 5) is 31.1. The minimum atomic E-state index is -0.513. The van der Waals surface area contributed by atoms with Crippen LogP contribution >= 0.6 is 0 Å². The van der Waals surface area contributed by atoms with E-state index in [2.05, 4.69) is 4.98 Å². The molecule has 0 spiro atoms. The van der Waals surface area contributed by atoms with Crippen LogP contribution in [-0.4, -0.2) is 53.7 Å². The maximum atomic E-state index is 12.6. The minimum Gasteiger partial charge on any atom is -0.452 e. The number of fused-ring (bicyclic) bond motifs is 1. The lowest BCUT2D eigenvalue weighted by molar-refractivity contribution is -0.146. The van der Waals surface area contributed by atoms with Crippen molar-refractivity contribution in [1.29, 1.82) is 0 Å². The molecule has 0 N–H and O–H groups in total. The number of rotatable bonds is 3. The number of carbonyl (C=O) groups is 2. The second-order valence-electron chi connectivity index (χ2n) is 6.85. The first-order valence-corrected chi connectivity index (χ1v) is 8.83. The fourth-order valence-corrected chi connectivity index (χ4v) is 3.50. The van der Waals surface area contributed by atoms with E-state index < -0.39 is 5.97 Å². The summed E-state index contributed by atoms with van der Waals surface area (Å²) in [6, 6.07) is 7.66. The summed E-state index contributed by atoms with van der Waals surface area (Å²) in [6.07, 6.45) is -0.0415. The maximum absolute atomic E-state index is 12.6. The molecule has 0 saturated carbocycles. The van der Waals surface area contributed by atoms with Crippen LogP contribution in [0.2, 0.25) is 0 Å². The fraction of sp³-hybridized carbons (Fsp3) is 0.450. The normalized spacial score (nSPS) is 20.2. The zero-order chi connectivity index (χ0) is 18.8. The summed E-state index contributed by atoms with van der Waals surface area (Å²) in [7, 11) is 0. The van der Waals surface area contributed by atoms with Crippen molar-refractivity contribution in [3.8, 4) is 0 Å². The van der Waals surface area contributed by atoms with Crippen LogP contribution in [0.25, 0.3) is 10.9 Å². The van der Waals surface area contributed by atoms with Crippen molar-refractivity contribution >= 4 is 22.8 Å². The summed E-state index contributed by atoms with van der Waals surface area (Å²) in [6.45, 7) is 8.26. The molecule has 1 saturated heterocycles. The average molecular weight is 356 g/mol. The van der Waals surface area contributed by atoms with E-state index in [1.807, 2.05) is 45.0 Å². The highest BCUT2D eigenvalue weighted by atomic mass is 16.5. The van der Waals surface area contributed by atoms with Gasteiger partial charge >= 0.3 is 5.97 Å². The largest absolute Gasteiger partial charge is 0.452 e. The third kappa shape index (κ3) is 3.70. The van der Waals surface area contributed by atoms with Gasteiger partial charge in [0.1, 0.15) is 0 Å². The quantitative estimate of drug-likeness (QED) is 0.791. The predicted octanol–water partition coefficient (Wildman–Crippen LogP) is 2.64. The van der Waals surface area contributed by atoms with Crippen molar-refractivity contribution in [3.63, 3.8) is 0 Å². The first kappa shape index (κ1) is 18.3. The molecule has 138 valence electrons. The smallest absolute Gasteiger partial charge is 0.340 e. The van der Waals surface area contributed by atoms with Gasteiger partial charge in [0.15, 0.2) is 6.61 Å². The molecule has 0 bridgehead atoms. The van der Waals surface area contributed by atoms with Crippen molar-refractivity contribution in [2.24, 2.45) is 0 Å². The van der Waals surface area contributed by atoms with Crippen molar-refractivity contribution < 1.29 is 19.1 Å². The number of aryl methyl sites for hydroxylation is 2. The van der Waals surface area contributed by atoms with E-state index in [1.54, 1.807) is 11.8 Å². The number of para-hydroxylation sites is 1. The molecule has 2 atom stereocenters. The van der Waals surface area contributed by atoms with Gasteiger partial charge in [-0.15, -0.1) is 0 Å². The van der Waals surface area contributed by atoms with Crippen LogP contribution in [-0.2, 0) is 14.3 Å². The van der Waals surface area contributed by atoms with Crippen LogP contribution in [0.1, 0.15) is 35.5 Å². The van der Waals surface area contributed by atoms with Gasteiger partial charge in [-0.1, -0.05) is 18.2 Å². The van der Waals surface area contributed by atoms with Crippen LogP contribution < -0.4 is 0 Å². The summed E-state index contributed by atoms with van der Waals surface area (Å²) >= 11 is 0. The van der Waals surface area contributed by atoms with E-state index in [4.69, 9.17) is 9.47 Å². The first-order valence-electron chi connectivity index (χ1n) is 8.83. The summed E-state index contributed by atoms with van der Waals surface area (Å²) in [5.74, 6) is -0.717. The van der Waals surface area contributed by atoms with E-state index >= 15 is 0 Å². The molecule has 0 unspecified atom stereocenters. The van der Waals surface area contributed by atoms with Crippen LogP contribution in [0, 0.1) is 13.8 Å². The van der Waals surface area contributed by atoms with Crippen LogP contribution in [0.15, 0.2) is 24.3 Å². The van der Waals surface area contributed by atoms with E-state index in [1.165, 1.54) is 0 Å².